The second-order valence-corrected chi connectivity index (χ2v) is 9.26. The fraction of sp³-hybridized carbons (Fsp3) is 0.261. The Morgan fingerprint density at radius 2 is 1.79 bits per heavy atom. The predicted molar refractivity (Wildman–Crippen MR) is 130 cm³/mol. The number of nitrogens with zero attached hydrogens (tertiary/aromatic N) is 6. The van der Waals surface area contributed by atoms with Gasteiger partial charge in [-0.15, -0.1) is 11.3 Å². The molecule has 3 aromatic heterocycles. The molecule has 4 aromatic rings. The lowest BCUT2D eigenvalue weighted by atomic mass is 10.3. The largest absolute Gasteiger partial charge is 0.451 e. The number of rotatable bonds is 5. The van der Waals surface area contributed by atoms with Crippen molar-refractivity contribution in [3.63, 3.8) is 0 Å². The van der Waals surface area contributed by atoms with Crippen LogP contribution in [0.1, 0.15) is 15.4 Å². The Kier molecular flexibility index (Phi) is 6.16. The van der Waals surface area contributed by atoms with Gasteiger partial charge >= 0.3 is 5.97 Å². The van der Waals surface area contributed by atoms with E-state index in [1.165, 1.54) is 11.3 Å². The molecule has 0 unspecified atom stereocenters. The molecule has 0 atom stereocenters. The maximum absolute atomic E-state index is 12.7. The van der Waals surface area contributed by atoms with Crippen molar-refractivity contribution in [2.75, 3.05) is 37.7 Å². The summed E-state index contributed by atoms with van der Waals surface area (Å²) in [5, 5.41) is 6.08. The standard InChI is InChI=1S/C23H21ClN6O3S/c1-15-18-13-19(34-21(18)30(27-15)17-5-3-16(24)4-6-17)22(32)33-14-20(31)28-9-11-29(12-10-28)23-25-7-2-8-26-23/h2-8,13H,9-12,14H2,1H3. The van der Waals surface area contributed by atoms with Crippen molar-refractivity contribution in [1.29, 1.82) is 0 Å². The van der Waals surface area contributed by atoms with Gasteiger partial charge in [0, 0.05) is 49.0 Å². The number of hydrogen-bond acceptors (Lipinski definition) is 8. The average Bonchev–Trinajstić information content (AvgIpc) is 3.44. The lowest BCUT2D eigenvalue weighted by molar-refractivity contribution is -0.134. The van der Waals surface area contributed by atoms with Crippen molar-refractivity contribution in [3.8, 4) is 5.69 Å². The first-order valence-corrected chi connectivity index (χ1v) is 11.9. The summed E-state index contributed by atoms with van der Waals surface area (Å²) in [6.45, 7) is 3.89. The summed E-state index contributed by atoms with van der Waals surface area (Å²) in [5.41, 5.74) is 1.65. The van der Waals surface area contributed by atoms with Crippen LogP contribution in [0.15, 0.2) is 48.8 Å². The monoisotopic (exact) mass is 496 g/mol. The summed E-state index contributed by atoms with van der Waals surface area (Å²) in [5.74, 6) is -0.0854. The Morgan fingerprint density at radius 3 is 2.50 bits per heavy atom. The van der Waals surface area contributed by atoms with Crippen molar-refractivity contribution in [2.45, 2.75) is 6.92 Å². The first kappa shape index (κ1) is 22.3. The summed E-state index contributed by atoms with van der Waals surface area (Å²) in [6, 6.07) is 10.9. The highest BCUT2D eigenvalue weighted by atomic mass is 35.5. The lowest BCUT2D eigenvalue weighted by Gasteiger charge is -2.34. The zero-order chi connectivity index (χ0) is 23.7. The van der Waals surface area contributed by atoms with Crippen molar-refractivity contribution < 1.29 is 14.3 Å². The van der Waals surface area contributed by atoms with Crippen LogP contribution in [0.2, 0.25) is 5.02 Å². The van der Waals surface area contributed by atoms with Crippen molar-refractivity contribution in [3.05, 3.63) is 64.4 Å². The van der Waals surface area contributed by atoms with E-state index in [4.69, 9.17) is 16.3 Å². The van der Waals surface area contributed by atoms with Crippen LogP contribution in [0.5, 0.6) is 0 Å². The molecule has 1 saturated heterocycles. The number of piperazine rings is 1. The highest BCUT2D eigenvalue weighted by Crippen LogP contribution is 2.31. The van der Waals surface area contributed by atoms with E-state index in [1.54, 1.807) is 46.2 Å². The van der Waals surface area contributed by atoms with Gasteiger partial charge in [0.2, 0.25) is 5.95 Å². The molecule has 0 radical (unpaired) electrons. The van der Waals surface area contributed by atoms with Gasteiger partial charge in [-0.1, -0.05) is 11.6 Å². The normalized spacial score (nSPS) is 13.9. The van der Waals surface area contributed by atoms with Gasteiger partial charge < -0.3 is 14.5 Å². The summed E-state index contributed by atoms with van der Waals surface area (Å²) in [6.07, 6.45) is 3.39. The highest BCUT2D eigenvalue weighted by molar-refractivity contribution is 7.20. The van der Waals surface area contributed by atoms with Crippen LogP contribution >= 0.6 is 22.9 Å². The average molecular weight is 497 g/mol. The van der Waals surface area contributed by atoms with E-state index in [1.807, 2.05) is 24.0 Å². The SMILES string of the molecule is Cc1nn(-c2ccc(Cl)cc2)c2sc(C(=O)OCC(=O)N3CCN(c4ncccn4)CC3)cc12. The number of aromatic nitrogens is 4. The van der Waals surface area contributed by atoms with Gasteiger partial charge in [-0.3, -0.25) is 4.79 Å². The molecular weight excluding hydrogens is 476 g/mol. The number of thiophene rings is 1. The van der Waals surface area contributed by atoms with E-state index in [0.717, 1.165) is 21.6 Å². The minimum absolute atomic E-state index is 0.216. The molecule has 5 rings (SSSR count). The molecule has 174 valence electrons. The number of halogens is 1. The van der Waals surface area contributed by atoms with Crippen LogP contribution in [0.4, 0.5) is 5.95 Å². The predicted octanol–water partition coefficient (Wildman–Crippen LogP) is 3.34. The van der Waals surface area contributed by atoms with Crippen LogP contribution in [0.3, 0.4) is 0 Å². The maximum atomic E-state index is 12.7. The van der Waals surface area contributed by atoms with E-state index < -0.39 is 5.97 Å². The number of amides is 1. The second kappa shape index (κ2) is 9.40. The molecule has 1 aliphatic heterocycles. The van der Waals surface area contributed by atoms with Gasteiger partial charge in [0.15, 0.2) is 6.61 Å². The molecule has 0 aliphatic carbocycles. The molecular formula is C23H21ClN6O3S. The minimum atomic E-state index is -0.520. The minimum Gasteiger partial charge on any atom is -0.451 e. The smallest absolute Gasteiger partial charge is 0.348 e. The lowest BCUT2D eigenvalue weighted by Crippen LogP contribution is -2.50. The van der Waals surface area contributed by atoms with Gasteiger partial charge in [-0.05, 0) is 43.3 Å². The summed E-state index contributed by atoms with van der Waals surface area (Å²) in [4.78, 5) is 38.8. The van der Waals surface area contributed by atoms with Crippen molar-refractivity contribution in [2.24, 2.45) is 0 Å². The molecule has 34 heavy (non-hydrogen) atoms. The molecule has 1 fully saturated rings. The molecule has 0 bridgehead atoms. The van der Waals surface area contributed by atoms with E-state index in [9.17, 15) is 9.59 Å². The number of benzene rings is 1. The number of esters is 1. The number of hydrogen-bond donors (Lipinski definition) is 0. The number of anilines is 1. The van der Waals surface area contributed by atoms with E-state index in [2.05, 4.69) is 15.1 Å². The third-order valence-corrected chi connectivity index (χ3v) is 6.95. The second-order valence-electron chi connectivity index (χ2n) is 7.80. The van der Waals surface area contributed by atoms with Crippen molar-refractivity contribution in [1.82, 2.24) is 24.6 Å². The molecule has 1 aromatic carbocycles. The number of carbonyl (C=O) groups excluding carboxylic acids is 2. The number of ether oxygens (including phenoxy) is 1. The highest BCUT2D eigenvalue weighted by Gasteiger charge is 2.24. The molecule has 0 spiro atoms. The fourth-order valence-electron chi connectivity index (χ4n) is 3.81. The van der Waals surface area contributed by atoms with Crippen LogP contribution in [-0.2, 0) is 9.53 Å². The van der Waals surface area contributed by atoms with Crippen LogP contribution in [0, 0.1) is 6.92 Å². The summed E-state index contributed by atoms with van der Waals surface area (Å²) < 4.78 is 7.13. The fourth-order valence-corrected chi connectivity index (χ4v) is 5.01. The Bertz CT molecular complexity index is 1330. The molecule has 11 heteroatoms. The Morgan fingerprint density at radius 1 is 1.09 bits per heavy atom. The molecule has 4 heterocycles. The zero-order valence-corrected chi connectivity index (χ0v) is 19.9. The van der Waals surface area contributed by atoms with Gasteiger partial charge in [-0.25, -0.2) is 19.4 Å². The van der Waals surface area contributed by atoms with E-state index >= 15 is 0 Å². The molecule has 0 N–H and O–H groups in total. The van der Waals surface area contributed by atoms with Crippen LogP contribution in [0.25, 0.3) is 15.9 Å². The third kappa shape index (κ3) is 4.46. The number of carbonyl (C=O) groups is 2. The van der Waals surface area contributed by atoms with Gasteiger partial charge in [0.25, 0.3) is 5.91 Å². The Hall–Kier alpha value is -3.50. The Balaban J connectivity index is 1.21. The summed E-state index contributed by atoms with van der Waals surface area (Å²) >= 11 is 7.28. The maximum Gasteiger partial charge on any atom is 0.348 e. The first-order valence-electron chi connectivity index (χ1n) is 10.7. The van der Waals surface area contributed by atoms with Crippen LogP contribution < -0.4 is 4.90 Å². The van der Waals surface area contributed by atoms with Gasteiger partial charge in [-0.2, -0.15) is 5.10 Å². The van der Waals surface area contributed by atoms with E-state index in [-0.39, 0.29) is 12.5 Å². The molecule has 1 aliphatic rings. The number of fused-ring (bicyclic) bond motifs is 1. The topological polar surface area (TPSA) is 93.5 Å². The zero-order valence-electron chi connectivity index (χ0n) is 18.3. The quantitative estimate of drug-likeness (QED) is 0.391. The van der Waals surface area contributed by atoms with Crippen molar-refractivity contribution >= 4 is 51.0 Å². The van der Waals surface area contributed by atoms with Gasteiger partial charge in [0.05, 0.1) is 11.4 Å². The summed E-state index contributed by atoms with van der Waals surface area (Å²) in [7, 11) is 0. The van der Waals surface area contributed by atoms with Crippen LogP contribution in [-0.4, -0.2) is 69.3 Å². The Labute approximate surface area is 204 Å². The molecule has 1 amide bonds. The van der Waals surface area contributed by atoms with E-state index in [0.29, 0.717) is 42.0 Å². The number of aryl methyl sites for hydroxylation is 1. The first-order chi connectivity index (χ1) is 16.5. The molecule has 9 nitrogen and oxygen atoms in total. The molecule has 0 saturated carbocycles. The third-order valence-electron chi connectivity index (χ3n) is 5.61. The van der Waals surface area contributed by atoms with Gasteiger partial charge in [0.1, 0.15) is 9.71 Å².